The van der Waals surface area contributed by atoms with E-state index in [9.17, 15) is 9.59 Å². The molecular formula is C10H10N2O3S2. The molecule has 0 amide bonds. The molecule has 0 unspecified atom stereocenters. The Kier molecular flexibility index (Phi) is 3.39. The van der Waals surface area contributed by atoms with Gasteiger partial charge in [-0.15, -0.1) is 11.3 Å². The average molecular weight is 270 g/mol. The summed E-state index contributed by atoms with van der Waals surface area (Å²) in [6.07, 6.45) is 0.130. The van der Waals surface area contributed by atoms with E-state index in [0.717, 1.165) is 5.52 Å². The van der Waals surface area contributed by atoms with Crippen molar-refractivity contribution in [2.45, 2.75) is 13.0 Å². The molecule has 7 heteroatoms. The third-order valence-electron chi connectivity index (χ3n) is 2.36. The quantitative estimate of drug-likeness (QED) is 0.681. The van der Waals surface area contributed by atoms with Gasteiger partial charge in [0.15, 0.2) is 4.77 Å². The van der Waals surface area contributed by atoms with Gasteiger partial charge in [-0.2, -0.15) is 0 Å². The van der Waals surface area contributed by atoms with Gasteiger partial charge in [-0.1, -0.05) is 0 Å². The highest BCUT2D eigenvalue weighted by molar-refractivity contribution is 7.71. The van der Waals surface area contributed by atoms with E-state index >= 15 is 0 Å². The molecule has 2 rings (SSSR count). The molecule has 0 spiro atoms. The number of H-pyrrole nitrogens is 1. The zero-order valence-corrected chi connectivity index (χ0v) is 10.7. The summed E-state index contributed by atoms with van der Waals surface area (Å²) >= 11 is 6.43. The standard InChI is InChI=1S/C10H10N2O3S2/c1-15-7(13)2-4-12-9(14)8-6(3-5-17-8)11-10(12)16/h3,5H,2,4H2,1H3,(H,11,16). The fourth-order valence-electron chi connectivity index (χ4n) is 1.48. The number of thiophene rings is 1. The molecular weight excluding hydrogens is 260 g/mol. The van der Waals surface area contributed by atoms with E-state index < -0.39 is 0 Å². The van der Waals surface area contributed by atoms with Gasteiger partial charge in [0.05, 0.1) is 19.0 Å². The molecule has 0 aliphatic heterocycles. The van der Waals surface area contributed by atoms with Gasteiger partial charge in [0.2, 0.25) is 0 Å². The van der Waals surface area contributed by atoms with E-state index in [1.54, 1.807) is 0 Å². The smallest absolute Gasteiger partial charge is 0.307 e. The summed E-state index contributed by atoms with van der Waals surface area (Å²) in [5.74, 6) is -0.363. The number of ether oxygens (including phenoxy) is 1. The maximum Gasteiger partial charge on any atom is 0.307 e. The summed E-state index contributed by atoms with van der Waals surface area (Å²) in [5.41, 5.74) is 0.571. The molecule has 2 aromatic heterocycles. The van der Waals surface area contributed by atoms with Crippen molar-refractivity contribution in [2.75, 3.05) is 7.11 Å². The number of hydrogen-bond acceptors (Lipinski definition) is 5. The number of fused-ring (bicyclic) bond motifs is 1. The molecule has 0 radical (unpaired) electrons. The van der Waals surface area contributed by atoms with Gasteiger partial charge < -0.3 is 9.72 Å². The van der Waals surface area contributed by atoms with Crippen LogP contribution in [0.1, 0.15) is 6.42 Å². The van der Waals surface area contributed by atoms with Crippen LogP contribution in [0, 0.1) is 4.77 Å². The van der Waals surface area contributed by atoms with Crippen LogP contribution in [0.3, 0.4) is 0 Å². The van der Waals surface area contributed by atoms with Gasteiger partial charge in [0, 0.05) is 6.54 Å². The van der Waals surface area contributed by atoms with Crippen LogP contribution in [-0.2, 0) is 16.1 Å². The lowest BCUT2D eigenvalue weighted by atomic mass is 10.4. The predicted octanol–water partition coefficient (Wildman–Crippen LogP) is 1.68. The second-order valence-electron chi connectivity index (χ2n) is 3.38. The van der Waals surface area contributed by atoms with Crippen molar-refractivity contribution in [2.24, 2.45) is 0 Å². The Balaban J connectivity index is 2.43. The third-order valence-corrected chi connectivity index (χ3v) is 3.58. The van der Waals surface area contributed by atoms with Crippen molar-refractivity contribution in [1.29, 1.82) is 0 Å². The van der Waals surface area contributed by atoms with Crippen LogP contribution >= 0.6 is 23.6 Å². The summed E-state index contributed by atoms with van der Waals surface area (Å²) in [6, 6.07) is 1.81. The van der Waals surface area contributed by atoms with Gasteiger partial charge in [-0.3, -0.25) is 14.2 Å². The lowest BCUT2D eigenvalue weighted by Crippen LogP contribution is -2.22. The minimum atomic E-state index is -0.363. The van der Waals surface area contributed by atoms with E-state index in [-0.39, 0.29) is 24.5 Å². The molecule has 1 N–H and O–H groups in total. The fourth-order valence-corrected chi connectivity index (χ4v) is 2.56. The number of nitrogens with zero attached hydrogens (tertiary/aromatic N) is 1. The zero-order valence-electron chi connectivity index (χ0n) is 9.06. The minimum Gasteiger partial charge on any atom is -0.469 e. The van der Waals surface area contributed by atoms with Crippen molar-refractivity contribution >= 4 is 39.7 Å². The molecule has 5 nitrogen and oxygen atoms in total. The van der Waals surface area contributed by atoms with Crippen LogP contribution in [0.5, 0.6) is 0 Å². The Morgan fingerprint density at radius 2 is 2.41 bits per heavy atom. The predicted molar refractivity (Wildman–Crippen MR) is 67.9 cm³/mol. The fraction of sp³-hybridized carbons (Fsp3) is 0.300. The molecule has 0 saturated heterocycles. The first-order valence-corrected chi connectivity index (χ1v) is 6.19. The number of carbonyl (C=O) groups is 1. The van der Waals surface area contributed by atoms with Crippen molar-refractivity contribution in [1.82, 2.24) is 9.55 Å². The molecule has 0 aromatic carbocycles. The molecule has 0 bridgehead atoms. The number of nitrogens with one attached hydrogen (secondary N) is 1. The SMILES string of the molecule is COC(=O)CCn1c(=S)[nH]c2ccsc2c1=O. The number of rotatable bonds is 3. The van der Waals surface area contributed by atoms with E-state index in [1.165, 1.54) is 23.0 Å². The van der Waals surface area contributed by atoms with Crippen LogP contribution < -0.4 is 5.56 Å². The Bertz CT molecular complexity index is 668. The lowest BCUT2D eigenvalue weighted by Gasteiger charge is -2.05. The van der Waals surface area contributed by atoms with Crippen LogP contribution in [0.25, 0.3) is 10.2 Å². The molecule has 2 heterocycles. The Hall–Kier alpha value is -1.47. The summed E-state index contributed by atoms with van der Waals surface area (Å²) in [5, 5.41) is 1.82. The van der Waals surface area contributed by atoms with Crippen LogP contribution in [0.2, 0.25) is 0 Å². The second kappa shape index (κ2) is 4.80. The topological polar surface area (TPSA) is 64.1 Å². The largest absolute Gasteiger partial charge is 0.469 e. The van der Waals surface area contributed by atoms with E-state index in [2.05, 4.69) is 9.72 Å². The van der Waals surface area contributed by atoms with Crippen molar-refractivity contribution < 1.29 is 9.53 Å². The summed E-state index contributed by atoms with van der Waals surface area (Å²) in [7, 11) is 1.31. The number of esters is 1. The second-order valence-corrected chi connectivity index (χ2v) is 4.68. The molecule has 0 saturated carbocycles. The highest BCUT2D eigenvalue weighted by Crippen LogP contribution is 2.13. The van der Waals surface area contributed by atoms with Gasteiger partial charge >= 0.3 is 5.97 Å². The molecule has 0 atom stereocenters. The molecule has 90 valence electrons. The highest BCUT2D eigenvalue weighted by Gasteiger charge is 2.08. The maximum atomic E-state index is 12.0. The number of carbonyl (C=O) groups excluding carboxylic acids is 1. The number of methoxy groups -OCH3 is 1. The average Bonchev–Trinajstić information content (AvgIpc) is 2.76. The lowest BCUT2D eigenvalue weighted by molar-refractivity contribution is -0.140. The minimum absolute atomic E-state index is 0.130. The molecule has 0 aliphatic carbocycles. The van der Waals surface area contributed by atoms with Crippen molar-refractivity contribution in [3.8, 4) is 0 Å². The van der Waals surface area contributed by atoms with Gasteiger partial charge in [0.25, 0.3) is 5.56 Å². The Morgan fingerprint density at radius 1 is 1.65 bits per heavy atom. The number of aromatic amines is 1. The molecule has 17 heavy (non-hydrogen) atoms. The van der Waals surface area contributed by atoms with Gasteiger partial charge in [-0.25, -0.2) is 0 Å². The van der Waals surface area contributed by atoms with Gasteiger partial charge in [-0.05, 0) is 23.7 Å². The monoisotopic (exact) mass is 270 g/mol. The Morgan fingerprint density at radius 3 is 3.12 bits per heavy atom. The summed E-state index contributed by atoms with van der Waals surface area (Å²) in [6.45, 7) is 0.231. The Labute approximate surface area is 106 Å². The van der Waals surface area contributed by atoms with E-state index in [0.29, 0.717) is 9.47 Å². The zero-order chi connectivity index (χ0) is 12.4. The summed E-state index contributed by atoms with van der Waals surface area (Å²) in [4.78, 5) is 26.0. The van der Waals surface area contributed by atoms with Crippen molar-refractivity contribution in [3.63, 3.8) is 0 Å². The molecule has 0 fully saturated rings. The number of hydrogen-bond donors (Lipinski definition) is 1. The van der Waals surface area contributed by atoms with Gasteiger partial charge in [0.1, 0.15) is 4.70 Å². The molecule has 0 aliphatic rings. The van der Waals surface area contributed by atoms with E-state index in [4.69, 9.17) is 12.2 Å². The van der Waals surface area contributed by atoms with Crippen molar-refractivity contribution in [3.05, 3.63) is 26.6 Å². The van der Waals surface area contributed by atoms with Crippen LogP contribution in [0.4, 0.5) is 0 Å². The van der Waals surface area contributed by atoms with Crippen LogP contribution in [-0.4, -0.2) is 22.6 Å². The first-order chi connectivity index (χ1) is 8.13. The first-order valence-electron chi connectivity index (χ1n) is 4.90. The van der Waals surface area contributed by atoms with E-state index in [1.807, 2.05) is 11.4 Å². The first kappa shape index (κ1) is 12.0. The normalized spacial score (nSPS) is 10.6. The summed E-state index contributed by atoms with van der Waals surface area (Å²) < 4.78 is 6.85. The highest BCUT2D eigenvalue weighted by atomic mass is 32.1. The maximum absolute atomic E-state index is 12.0. The molecule has 2 aromatic rings. The van der Waals surface area contributed by atoms with Crippen LogP contribution in [0.15, 0.2) is 16.2 Å². The third kappa shape index (κ3) is 2.29. The number of aromatic nitrogens is 2.